The Hall–Kier alpha value is -3.26. The molecular weight excluding hydrogens is 549 g/mol. The van der Waals surface area contributed by atoms with E-state index in [0.29, 0.717) is 34.7 Å². The molecule has 1 aliphatic heterocycles. The number of hydrogen-bond acceptors (Lipinski definition) is 6. The zero-order valence-corrected chi connectivity index (χ0v) is 24.0. The predicted octanol–water partition coefficient (Wildman–Crippen LogP) is 6.67. The molecule has 1 fully saturated rings. The van der Waals surface area contributed by atoms with Crippen molar-refractivity contribution in [2.75, 3.05) is 43.0 Å². The number of anilines is 2. The van der Waals surface area contributed by atoms with Gasteiger partial charge in [0.1, 0.15) is 11.0 Å². The lowest BCUT2D eigenvalue weighted by Crippen LogP contribution is -2.48. The van der Waals surface area contributed by atoms with Crippen molar-refractivity contribution in [2.24, 2.45) is 0 Å². The number of nitrogens with zero attached hydrogens (tertiary/aromatic N) is 5. The number of carbonyl (C=O) groups is 1. The minimum absolute atomic E-state index is 0.0522. The van der Waals surface area contributed by atoms with E-state index in [1.165, 1.54) is 17.3 Å². The second-order valence-corrected chi connectivity index (χ2v) is 11.2. The second kappa shape index (κ2) is 12.7. The number of piperazine rings is 1. The third kappa shape index (κ3) is 7.24. The molecule has 0 radical (unpaired) electrons. The summed E-state index contributed by atoms with van der Waals surface area (Å²) in [7, 11) is 1.99. The summed E-state index contributed by atoms with van der Waals surface area (Å²) in [4.78, 5) is 28.6. The molecule has 0 aliphatic carbocycles. The second-order valence-electron chi connectivity index (χ2n) is 9.42. The topological polar surface area (TPSA) is 52.6 Å². The molecule has 6 nitrogen and oxygen atoms in total. The number of benzene rings is 3. The minimum Gasteiger partial charge on any atom is -0.368 e. The number of amides is 1. The van der Waals surface area contributed by atoms with Crippen molar-refractivity contribution in [1.29, 1.82) is 0 Å². The Balaban J connectivity index is 1.19. The Kier molecular flexibility index (Phi) is 8.91. The molecule has 0 spiro atoms. The van der Waals surface area contributed by atoms with Gasteiger partial charge in [0.15, 0.2) is 5.16 Å². The highest BCUT2D eigenvalue weighted by molar-refractivity contribution is 7.98. The Labute approximate surface area is 243 Å². The lowest BCUT2D eigenvalue weighted by Gasteiger charge is -2.36. The lowest BCUT2D eigenvalue weighted by atomic mass is 10.1. The lowest BCUT2D eigenvalue weighted by molar-refractivity contribution is 0.0746. The molecule has 3 aromatic carbocycles. The van der Waals surface area contributed by atoms with Gasteiger partial charge in [-0.1, -0.05) is 83.5 Å². The van der Waals surface area contributed by atoms with Gasteiger partial charge in [-0.2, -0.15) is 0 Å². The van der Waals surface area contributed by atoms with Crippen LogP contribution in [0.2, 0.25) is 10.2 Å². The number of hydrogen-bond donors (Lipinski definition) is 0. The van der Waals surface area contributed by atoms with Gasteiger partial charge in [-0.15, -0.1) is 0 Å². The Morgan fingerprint density at radius 1 is 0.872 bits per heavy atom. The first-order valence-corrected chi connectivity index (χ1v) is 14.5. The normalized spacial score (nSPS) is 13.4. The highest BCUT2D eigenvalue weighted by Gasteiger charge is 2.22. The number of halogens is 2. The fourth-order valence-electron chi connectivity index (χ4n) is 4.55. The first-order chi connectivity index (χ1) is 18.9. The maximum atomic E-state index is 13.3. The van der Waals surface area contributed by atoms with Crippen LogP contribution in [0.1, 0.15) is 21.5 Å². The zero-order chi connectivity index (χ0) is 27.2. The van der Waals surface area contributed by atoms with Crippen molar-refractivity contribution in [1.82, 2.24) is 14.9 Å². The zero-order valence-electron chi connectivity index (χ0n) is 21.6. The van der Waals surface area contributed by atoms with Crippen molar-refractivity contribution in [2.45, 2.75) is 17.5 Å². The molecule has 0 bridgehead atoms. The highest BCUT2D eigenvalue weighted by atomic mass is 35.5. The van der Waals surface area contributed by atoms with Crippen molar-refractivity contribution in [3.8, 4) is 0 Å². The maximum absolute atomic E-state index is 13.3. The molecule has 1 amide bonds. The molecule has 5 rings (SSSR count). The molecule has 2 heterocycles. The molecule has 39 heavy (non-hydrogen) atoms. The van der Waals surface area contributed by atoms with Gasteiger partial charge >= 0.3 is 0 Å². The van der Waals surface area contributed by atoms with E-state index in [0.717, 1.165) is 41.7 Å². The number of thioether (sulfide) groups is 1. The molecule has 0 atom stereocenters. The number of carbonyl (C=O) groups excluding carboxylic acids is 1. The Bertz CT molecular complexity index is 1430. The van der Waals surface area contributed by atoms with Gasteiger partial charge in [0.2, 0.25) is 0 Å². The van der Waals surface area contributed by atoms with Gasteiger partial charge < -0.3 is 14.7 Å². The van der Waals surface area contributed by atoms with Crippen molar-refractivity contribution < 1.29 is 4.79 Å². The van der Waals surface area contributed by atoms with E-state index >= 15 is 0 Å². The minimum atomic E-state index is 0.0522. The molecule has 4 aromatic rings. The van der Waals surface area contributed by atoms with Gasteiger partial charge in [-0.3, -0.25) is 4.79 Å². The van der Waals surface area contributed by atoms with Crippen LogP contribution in [0.25, 0.3) is 0 Å². The molecule has 0 N–H and O–H groups in total. The predicted molar refractivity (Wildman–Crippen MR) is 161 cm³/mol. The van der Waals surface area contributed by atoms with Crippen LogP contribution >= 0.6 is 35.0 Å². The van der Waals surface area contributed by atoms with Crippen LogP contribution < -0.4 is 9.80 Å². The molecule has 9 heteroatoms. The maximum Gasteiger partial charge on any atom is 0.253 e. The molecular formula is C30H29Cl2N5OS. The molecule has 0 saturated carbocycles. The van der Waals surface area contributed by atoms with Crippen molar-refractivity contribution in [3.05, 3.63) is 112 Å². The SMILES string of the molecule is CN(Cc1ccccc1)c1cc(Cl)nc(SCc2cccc(C(=O)N3CCN(c4cccc(Cl)c4)CC3)c2)n1. The summed E-state index contributed by atoms with van der Waals surface area (Å²) in [6.45, 7) is 3.60. The van der Waals surface area contributed by atoms with Gasteiger partial charge in [0.05, 0.1) is 0 Å². The molecule has 1 aromatic heterocycles. The van der Waals surface area contributed by atoms with Gasteiger partial charge in [0, 0.05) is 67.9 Å². The van der Waals surface area contributed by atoms with Crippen LogP contribution in [0, 0.1) is 0 Å². The summed E-state index contributed by atoms with van der Waals surface area (Å²) in [5, 5.41) is 1.73. The summed E-state index contributed by atoms with van der Waals surface area (Å²) in [5.74, 6) is 1.45. The van der Waals surface area contributed by atoms with E-state index in [-0.39, 0.29) is 5.91 Å². The average Bonchev–Trinajstić information content (AvgIpc) is 2.96. The van der Waals surface area contributed by atoms with Gasteiger partial charge in [-0.05, 0) is 41.5 Å². The van der Waals surface area contributed by atoms with Gasteiger partial charge in [0.25, 0.3) is 5.91 Å². The van der Waals surface area contributed by atoms with E-state index in [4.69, 9.17) is 28.2 Å². The average molecular weight is 579 g/mol. The number of aromatic nitrogens is 2. The summed E-state index contributed by atoms with van der Waals surface area (Å²) in [5.41, 5.74) is 4.01. The largest absolute Gasteiger partial charge is 0.368 e. The third-order valence-corrected chi connectivity index (χ3v) is 7.94. The summed E-state index contributed by atoms with van der Waals surface area (Å²) in [6.07, 6.45) is 0. The van der Waals surface area contributed by atoms with Crippen molar-refractivity contribution in [3.63, 3.8) is 0 Å². The van der Waals surface area contributed by atoms with E-state index in [9.17, 15) is 4.79 Å². The monoisotopic (exact) mass is 577 g/mol. The van der Waals surface area contributed by atoms with Crippen LogP contribution in [-0.2, 0) is 12.3 Å². The van der Waals surface area contributed by atoms with Crippen LogP contribution in [0.15, 0.2) is 90.1 Å². The highest BCUT2D eigenvalue weighted by Crippen LogP contribution is 2.26. The fraction of sp³-hybridized carbons (Fsp3) is 0.233. The standard InChI is InChI=1S/C30H29Cl2N5OS/c1-35(20-22-7-3-2-4-8-22)28-19-27(32)33-30(34-28)39-21-23-9-5-10-24(17-23)29(38)37-15-13-36(14-16-37)26-12-6-11-25(31)18-26/h2-12,17-19H,13-16,20-21H2,1H3. The first-order valence-electron chi connectivity index (χ1n) is 12.8. The first kappa shape index (κ1) is 27.3. The molecule has 0 unspecified atom stereocenters. The summed E-state index contributed by atoms with van der Waals surface area (Å²) < 4.78 is 0. The van der Waals surface area contributed by atoms with E-state index in [1.54, 1.807) is 6.07 Å². The van der Waals surface area contributed by atoms with Crippen LogP contribution in [0.3, 0.4) is 0 Å². The third-order valence-electron chi connectivity index (χ3n) is 6.60. The van der Waals surface area contributed by atoms with Crippen LogP contribution in [0.4, 0.5) is 11.5 Å². The van der Waals surface area contributed by atoms with E-state index < -0.39 is 0 Å². The van der Waals surface area contributed by atoms with Crippen LogP contribution in [0.5, 0.6) is 0 Å². The molecule has 200 valence electrons. The molecule has 1 saturated heterocycles. The number of rotatable bonds is 8. The van der Waals surface area contributed by atoms with Gasteiger partial charge in [-0.25, -0.2) is 9.97 Å². The Morgan fingerprint density at radius 3 is 2.38 bits per heavy atom. The van der Waals surface area contributed by atoms with Crippen LogP contribution in [-0.4, -0.2) is 54.0 Å². The van der Waals surface area contributed by atoms with E-state index in [1.807, 2.05) is 72.6 Å². The summed E-state index contributed by atoms with van der Waals surface area (Å²) >= 11 is 14.0. The Morgan fingerprint density at radius 2 is 1.62 bits per heavy atom. The summed E-state index contributed by atoms with van der Waals surface area (Å²) in [6, 6.07) is 27.7. The smallest absolute Gasteiger partial charge is 0.253 e. The quantitative estimate of drug-likeness (QED) is 0.132. The van der Waals surface area contributed by atoms with E-state index in [2.05, 4.69) is 33.0 Å². The van der Waals surface area contributed by atoms with Crippen molar-refractivity contribution >= 4 is 52.4 Å². The molecule has 1 aliphatic rings. The fourth-order valence-corrected chi connectivity index (χ4v) is 5.76.